The maximum absolute atomic E-state index is 13.9. The molecule has 0 aliphatic rings. The molecule has 0 saturated heterocycles. The Kier molecular flexibility index (Phi) is 5.02. The van der Waals surface area contributed by atoms with E-state index in [9.17, 15) is 8.78 Å². The van der Waals surface area contributed by atoms with E-state index < -0.39 is 11.6 Å². The van der Waals surface area contributed by atoms with E-state index >= 15 is 0 Å². The number of hydrazine groups is 1. The molecule has 0 atom stereocenters. The molecule has 2 aromatic rings. The molecule has 0 fully saturated rings. The topological polar surface area (TPSA) is 74.4 Å². The number of hydrogen-bond acceptors (Lipinski definition) is 5. The van der Waals surface area contributed by atoms with Crippen LogP contribution >= 0.6 is 0 Å². The van der Waals surface area contributed by atoms with Gasteiger partial charge >= 0.3 is 0 Å². The summed E-state index contributed by atoms with van der Waals surface area (Å²) in [6.07, 6.45) is 0. The lowest BCUT2D eigenvalue weighted by atomic mass is 10.2. The van der Waals surface area contributed by atoms with Crippen LogP contribution in [0.25, 0.3) is 0 Å². The van der Waals surface area contributed by atoms with E-state index in [1.54, 1.807) is 0 Å². The third kappa shape index (κ3) is 3.65. The summed E-state index contributed by atoms with van der Waals surface area (Å²) >= 11 is 0. The number of nitrogens with one attached hydrogen (secondary N) is 1. The summed E-state index contributed by atoms with van der Waals surface area (Å²) in [5.74, 6) is 3.16. The van der Waals surface area contributed by atoms with E-state index in [1.165, 1.54) is 4.90 Å². The molecule has 0 amide bonds. The van der Waals surface area contributed by atoms with E-state index in [1.807, 2.05) is 30.3 Å². The fraction of sp³-hybridized carbons (Fsp3) is 0.214. The Hall–Kier alpha value is -2.25. The molecule has 0 bridgehead atoms. The number of nitrogens with two attached hydrogens (primary N) is 1. The molecule has 5 nitrogen and oxygen atoms in total. The maximum Gasteiger partial charge on any atom is 0.178 e. The minimum absolute atomic E-state index is 0.0674. The summed E-state index contributed by atoms with van der Waals surface area (Å²) in [6, 6.07) is 10.0. The van der Waals surface area contributed by atoms with Crippen LogP contribution in [0.4, 0.5) is 20.4 Å². The Labute approximate surface area is 121 Å². The molecule has 1 aromatic carbocycles. The van der Waals surface area contributed by atoms with Crippen molar-refractivity contribution in [2.24, 2.45) is 5.84 Å². The van der Waals surface area contributed by atoms with Crippen LogP contribution in [0.1, 0.15) is 5.56 Å². The third-order valence-electron chi connectivity index (χ3n) is 2.93. The van der Waals surface area contributed by atoms with Gasteiger partial charge in [-0.2, -0.15) is 0 Å². The number of rotatable bonds is 6. The normalized spacial score (nSPS) is 10.5. The van der Waals surface area contributed by atoms with Gasteiger partial charge in [0.2, 0.25) is 0 Å². The molecule has 1 heterocycles. The van der Waals surface area contributed by atoms with Gasteiger partial charge in [0.25, 0.3) is 0 Å². The first-order valence-electron chi connectivity index (χ1n) is 6.38. The van der Waals surface area contributed by atoms with Crippen molar-refractivity contribution >= 4 is 11.6 Å². The van der Waals surface area contributed by atoms with Crippen molar-refractivity contribution in [1.82, 2.24) is 4.98 Å². The van der Waals surface area contributed by atoms with Gasteiger partial charge in [0.15, 0.2) is 23.3 Å². The molecule has 0 aliphatic heterocycles. The number of pyridine rings is 1. The number of nitrogens with zero attached hydrogens (tertiary/aromatic N) is 2. The minimum atomic E-state index is -0.873. The molecular formula is C14H16F2N4O. The number of aliphatic hydroxyl groups excluding tert-OH is 1. The summed E-state index contributed by atoms with van der Waals surface area (Å²) in [4.78, 5) is 5.35. The molecule has 112 valence electrons. The zero-order valence-electron chi connectivity index (χ0n) is 11.3. The number of hydrogen-bond donors (Lipinski definition) is 3. The molecule has 0 radical (unpaired) electrons. The lowest BCUT2D eigenvalue weighted by molar-refractivity contribution is 0.300. The first kappa shape index (κ1) is 15.1. The number of benzene rings is 1. The Morgan fingerprint density at radius 2 is 1.90 bits per heavy atom. The fourth-order valence-electron chi connectivity index (χ4n) is 1.96. The van der Waals surface area contributed by atoms with Crippen LogP contribution < -0.4 is 16.2 Å². The van der Waals surface area contributed by atoms with Gasteiger partial charge in [-0.25, -0.2) is 19.6 Å². The van der Waals surface area contributed by atoms with Crippen LogP contribution in [-0.4, -0.2) is 23.2 Å². The summed E-state index contributed by atoms with van der Waals surface area (Å²) in [6.45, 7) is 0.312. The fourth-order valence-corrected chi connectivity index (χ4v) is 1.96. The Morgan fingerprint density at radius 3 is 2.52 bits per heavy atom. The number of aliphatic hydroxyl groups is 1. The smallest absolute Gasteiger partial charge is 0.178 e. The highest BCUT2D eigenvalue weighted by molar-refractivity contribution is 5.49. The second kappa shape index (κ2) is 6.96. The summed E-state index contributed by atoms with van der Waals surface area (Å²) < 4.78 is 27.3. The number of halogens is 2. The Bertz CT molecular complexity index is 595. The monoisotopic (exact) mass is 294 g/mol. The van der Waals surface area contributed by atoms with Crippen LogP contribution in [0.2, 0.25) is 0 Å². The largest absolute Gasteiger partial charge is 0.395 e. The van der Waals surface area contributed by atoms with E-state index in [4.69, 9.17) is 10.9 Å². The van der Waals surface area contributed by atoms with Gasteiger partial charge in [-0.15, -0.1) is 0 Å². The molecule has 0 aliphatic carbocycles. The second-order valence-electron chi connectivity index (χ2n) is 4.40. The van der Waals surface area contributed by atoms with Crippen molar-refractivity contribution in [3.05, 3.63) is 53.6 Å². The predicted octanol–water partition coefficient (Wildman–Crippen LogP) is 1.64. The van der Waals surface area contributed by atoms with Crippen molar-refractivity contribution < 1.29 is 13.9 Å². The van der Waals surface area contributed by atoms with Gasteiger partial charge < -0.3 is 15.4 Å². The summed E-state index contributed by atoms with van der Waals surface area (Å²) in [5.41, 5.74) is 3.00. The summed E-state index contributed by atoms with van der Waals surface area (Å²) in [7, 11) is 0. The van der Waals surface area contributed by atoms with Gasteiger partial charge in [0.1, 0.15) is 0 Å². The molecule has 21 heavy (non-hydrogen) atoms. The molecule has 0 saturated carbocycles. The van der Waals surface area contributed by atoms with Gasteiger partial charge in [0, 0.05) is 19.2 Å². The quantitative estimate of drug-likeness (QED) is 0.558. The van der Waals surface area contributed by atoms with Crippen LogP contribution in [0.15, 0.2) is 36.4 Å². The molecule has 4 N–H and O–H groups in total. The van der Waals surface area contributed by atoms with Crippen LogP contribution in [0, 0.1) is 11.6 Å². The van der Waals surface area contributed by atoms with Crippen LogP contribution in [0.3, 0.4) is 0 Å². The number of aromatic nitrogens is 1. The standard InChI is InChI=1S/C14H16F2N4O/c15-11-8-12(16)14(18-13(11)19-17)20(6-7-21)9-10-4-2-1-3-5-10/h1-5,8,21H,6-7,9,17H2,(H,18,19). The highest BCUT2D eigenvalue weighted by atomic mass is 19.1. The van der Waals surface area contributed by atoms with Crippen molar-refractivity contribution in [2.45, 2.75) is 6.54 Å². The number of nitrogen functional groups attached to an aromatic ring is 1. The lowest BCUT2D eigenvalue weighted by Crippen LogP contribution is -2.28. The predicted molar refractivity (Wildman–Crippen MR) is 76.5 cm³/mol. The maximum atomic E-state index is 13.9. The molecule has 1 aromatic heterocycles. The highest BCUT2D eigenvalue weighted by Crippen LogP contribution is 2.23. The van der Waals surface area contributed by atoms with E-state index in [0.29, 0.717) is 12.6 Å². The van der Waals surface area contributed by atoms with Gasteiger partial charge in [0.05, 0.1) is 6.61 Å². The number of anilines is 2. The SMILES string of the molecule is NNc1nc(N(CCO)Cc2ccccc2)c(F)cc1F. The molecule has 0 spiro atoms. The molecule has 0 unspecified atom stereocenters. The first-order chi connectivity index (χ1) is 10.2. The zero-order valence-corrected chi connectivity index (χ0v) is 11.3. The van der Waals surface area contributed by atoms with E-state index in [-0.39, 0.29) is 24.8 Å². The molecule has 7 heteroatoms. The van der Waals surface area contributed by atoms with Crippen molar-refractivity contribution in [3.8, 4) is 0 Å². The van der Waals surface area contributed by atoms with Gasteiger partial charge in [-0.1, -0.05) is 30.3 Å². The van der Waals surface area contributed by atoms with Crippen molar-refractivity contribution in [3.63, 3.8) is 0 Å². The third-order valence-corrected chi connectivity index (χ3v) is 2.93. The first-order valence-corrected chi connectivity index (χ1v) is 6.38. The zero-order chi connectivity index (χ0) is 15.2. The van der Waals surface area contributed by atoms with Crippen LogP contribution in [-0.2, 0) is 6.54 Å². The minimum Gasteiger partial charge on any atom is -0.395 e. The molecular weight excluding hydrogens is 278 g/mol. The average Bonchev–Trinajstić information content (AvgIpc) is 2.48. The second-order valence-corrected chi connectivity index (χ2v) is 4.40. The van der Waals surface area contributed by atoms with Gasteiger partial charge in [-0.3, -0.25) is 0 Å². The van der Waals surface area contributed by atoms with Crippen molar-refractivity contribution in [1.29, 1.82) is 0 Å². The Balaban J connectivity index is 2.33. The average molecular weight is 294 g/mol. The van der Waals surface area contributed by atoms with Crippen molar-refractivity contribution in [2.75, 3.05) is 23.5 Å². The summed E-state index contributed by atoms with van der Waals surface area (Å²) in [5, 5.41) is 9.14. The Morgan fingerprint density at radius 1 is 1.19 bits per heavy atom. The molecule has 2 rings (SSSR count). The van der Waals surface area contributed by atoms with Gasteiger partial charge in [-0.05, 0) is 5.56 Å². The van der Waals surface area contributed by atoms with E-state index in [0.717, 1.165) is 5.56 Å². The van der Waals surface area contributed by atoms with E-state index in [2.05, 4.69) is 10.4 Å². The van der Waals surface area contributed by atoms with Crippen LogP contribution in [0.5, 0.6) is 0 Å². The highest BCUT2D eigenvalue weighted by Gasteiger charge is 2.17. The lowest BCUT2D eigenvalue weighted by Gasteiger charge is -2.24.